The predicted molar refractivity (Wildman–Crippen MR) is 122 cm³/mol. The molecule has 0 aliphatic carbocycles. The molecule has 164 valence electrons. The van der Waals surface area contributed by atoms with Crippen molar-refractivity contribution in [2.45, 2.75) is 19.9 Å². The Bertz CT molecular complexity index is 1300. The Labute approximate surface area is 188 Å². The zero-order valence-corrected chi connectivity index (χ0v) is 18.5. The highest BCUT2D eigenvalue weighted by Crippen LogP contribution is 2.22. The number of oxazole rings is 1. The van der Waals surface area contributed by atoms with Gasteiger partial charge in [0.25, 0.3) is 5.56 Å². The third kappa shape index (κ3) is 4.21. The van der Waals surface area contributed by atoms with Crippen molar-refractivity contribution >= 4 is 22.2 Å². The smallest absolute Gasteiger partial charge is 0.258 e. The number of carbonyl (C=O) groups is 1. The topological polar surface area (TPSA) is 84.0 Å². The zero-order chi connectivity index (χ0) is 22.1. The molecule has 1 aromatic carbocycles. The second-order valence-electron chi connectivity index (χ2n) is 7.86. The minimum absolute atomic E-state index is 0.0528. The molecule has 0 radical (unpaired) electrons. The number of carbonyl (C=O) groups excluding carboxylic acids is 1. The van der Waals surface area contributed by atoms with Gasteiger partial charge in [-0.1, -0.05) is 18.2 Å². The minimum atomic E-state index is -0.0575. The van der Waals surface area contributed by atoms with E-state index in [-0.39, 0.29) is 17.9 Å². The molecule has 0 spiro atoms. The lowest BCUT2D eigenvalue weighted by molar-refractivity contribution is -0.132. The third-order valence-electron chi connectivity index (χ3n) is 5.70. The Morgan fingerprint density at radius 1 is 1.12 bits per heavy atom. The minimum Gasteiger partial charge on any atom is -0.441 e. The molecule has 1 aliphatic rings. The van der Waals surface area contributed by atoms with E-state index in [1.165, 1.54) is 11.3 Å². The van der Waals surface area contributed by atoms with Gasteiger partial charge >= 0.3 is 0 Å². The van der Waals surface area contributed by atoms with Gasteiger partial charge in [-0.25, -0.2) is 9.97 Å². The first-order valence-corrected chi connectivity index (χ1v) is 11.4. The quantitative estimate of drug-likeness (QED) is 0.466. The van der Waals surface area contributed by atoms with Crippen LogP contribution in [0.1, 0.15) is 17.1 Å². The van der Waals surface area contributed by atoms with Crippen molar-refractivity contribution in [1.82, 2.24) is 24.2 Å². The molecular weight excluding hydrogens is 426 g/mol. The number of rotatable bonds is 5. The molecule has 5 rings (SSSR count). The van der Waals surface area contributed by atoms with Gasteiger partial charge in [-0.15, -0.1) is 11.3 Å². The summed E-state index contributed by atoms with van der Waals surface area (Å²) in [4.78, 5) is 39.0. The fraction of sp³-hybridized carbons (Fsp3) is 0.304. The van der Waals surface area contributed by atoms with Gasteiger partial charge in [0.15, 0.2) is 4.96 Å². The first-order chi connectivity index (χ1) is 15.6. The second kappa shape index (κ2) is 8.68. The van der Waals surface area contributed by atoms with E-state index in [9.17, 15) is 9.59 Å². The average molecular weight is 450 g/mol. The van der Waals surface area contributed by atoms with E-state index in [1.807, 2.05) is 47.5 Å². The molecule has 1 fully saturated rings. The Balaban J connectivity index is 1.18. The zero-order valence-electron chi connectivity index (χ0n) is 17.7. The number of aryl methyl sites for hydroxylation is 1. The van der Waals surface area contributed by atoms with Gasteiger partial charge in [-0.05, 0) is 19.1 Å². The number of hydrogen-bond donors (Lipinski definition) is 0. The molecule has 4 heterocycles. The molecule has 3 aromatic heterocycles. The summed E-state index contributed by atoms with van der Waals surface area (Å²) in [5.41, 5.74) is 2.30. The number of fused-ring (bicyclic) bond motifs is 1. The number of benzene rings is 1. The maximum atomic E-state index is 12.9. The molecule has 0 saturated carbocycles. The Hall–Kier alpha value is -3.30. The van der Waals surface area contributed by atoms with Crippen LogP contribution in [0.5, 0.6) is 0 Å². The van der Waals surface area contributed by atoms with Crippen molar-refractivity contribution in [3.8, 4) is 11.5 Å². The Kier molecular flexibility index (Phi) is 5.59. The van der Waals surface area contributed by atoms with E-state index in [0.29, 0.717) is 41.9 Å². The van der Waals surface area contributed by atoms with Gasteiger partial charge in [0.05, 0.1) is 17.8 Å². The van der Waals surface area contributed by atoms with Crippen LogP contribution >= 0.6 is 11.3 Å². The summed E-state index contributed by atoms with van der Waals surface area (Å²) >= 11 is 1.45. The first kappa shape index (κ1) is 20.6. The summed E-state index contributed by atoms with van der Waals surface area (Å²) < 4.78 is 7.34. The fourth-order valence-corrected chi connectivity index (χ4v) is 4.64. The molecule has 1 saturated heterocycles. The SMILES string of the molecule is Cc1oc(-c2ccccc2)nc1CC(=O)N1CCN(Cc2cc(=O)n3ccsc3n2)CC1. The average Bonchev–Trinajstić information content (AvgIpc) is 3.42. The van der Waals surface area contributed by atoms with E-state index in [2.05, 4.69) is 14.9 Å². The predicted octanol–water partition coefficient (Wildman–Crippen LogP) is 2.61. The number of thiazole rings is 1. The molecular formula is C23H23N5O3S. The summed E-state index contributed by atoms with van der Waals surface area (Å²) in [5.74, 6) is 1.27. The van der Waals surface area contributed by atoms with Crippen LogP contribution in [0.4, 0.5) is 0 Å². The van der Waals surface area contributed by atoms with E-state index in [0.717, 1.165) is 24.3 Å². The standard InChI is InChI=1S/C23H23N5O3S/c1-16-19(25-22(31-16)17-5-3-2-4-6-17)14-20(29)27-9-7-26(8-10-27)15-18-13-21(30)28-11-12-32-23(28)24-18/h2-6,11-13H,7-10,14-15H2,1H3. The van der Waals surface area contributed by atoms with Crippen molar-refractivity contribution in [2.24, 2.45) is 0 Å². The van der Waals surface area contributed by atoms with E-state index in [4.69, 9.17) is 4.42 Å². The normalized spacial score (nSPS) is 14.8. The van der Waals surface area contributed by atoms with Gasteiger partial charge < -0.3 is 9.32 Å². The van der Waals surface area contributed by atoms with Crippen LogP contribution < -0.4 is 5.56 Å². The summed E-state index contributed by atoms with van der Waals surface area (Å²) in [6, 6.07) is 11.3. The monoisotopic (exact) mass is 449 g/mol. The number of amides is 1. The molecule has 9 heteroatoms. The lowest BCUT2D eigenvalue weighted by atomic mass is 10.2. The molecule has 0 bridgehead atoms. The van der Waals surface area contributed by atoms with Crippen LogP contribution in [0.3, 0.4) is 0 Å². The molecule has 32 heavy (non-hydrogen) atoms. The second-order valence-corrected chi connectivity index (χ2v) is 8.74. The highest BCUT2D eigenvalue weighted by molar-refractivity contribution is 7.15. The van der Waals surface area contributed by atoms with Crippen molar-refractivity contribution < 1.29 is 9.21 Å². The van der Waals surface area contributed by atoms with Crippen LogP contribution in [0.25, 0.3) is 16.4 Å². The summed E-state index contributed by atoms with van der Waals surface area (Å²) in [7, 11) is 0. The van der Waals surface area contributed by atoms with E-state index < -0.39 is 0 Å². The number of aromatic nitrogens is 3. The molecule has 0 N–H and O–H groups in total. The van der Waals surface area contributed by atoms with Gasteiger partial charge in [0.2, 0.25) is 11.8 Å². The van der Waals surface area contributed by atoms with Crippen LogP contribution in [0.15, 0.2) is 57.2 Å². The van der Waals surface area contributed by atoms with Gasteiger partial charge in [0.1, 0.15) is 5.76 Å². The molecule has 1 aliphatic heterocycles. The Morgan fingerprint density at radius 3 is 2.69 bits per heavy atom. The van der Waals surface area contributed by atoms with Gasteiger partial charge in [-0.2, -0.15) is 0 Å². The lowest BCUT2D eigenvalue weighted by Crippen LogP contribution is -2.48. The molecule has 1 amide bonds. The third-order valence-corrected chi connectivity index (χ3v) is 6.46. The lowest BCUT2D eigenvalue weighted by Gasteiger charge is -2.34. The first-order valence-electron chi connectivity index (χ1n) is 10.5. The van der Waals surface area contributed by atoms with Crippen molar-refractivity contribution in [3.05, 3.63) is 75.5 Å². The molecule has 4 aromatic rings. The van der Waals surface area contributed by atoms with Crippen LogP contribution in [-0.2, 0) is 17.8 Å². The highest BCUT2D eigenvalue weighted by atomic mass is 32.1. The van der Waals surface area contributed by atoms with Crippen molar-refractivity contribution in [3.63, 3.8) is 0 Å². The molecule has 0 atom stereocenters. The van der Waals surface area contributed by atoms with E-state index in [1.54, 1.807) is 16.7 Å². The van der Waals surface area contributed by atoms with Crippen LogP contribution in [0, 0.1) is 6.92 Å². The maximum absolute atomic E-state index is 12.9. The molecule has 0 unspecified atom stereocenters. The summed E-state index contributed by atoms with van der Waals surface area (Å²) in [6.45, 7) is 5.21. The Morgan fingerprint density at radius 2 is 1.91 bits per heavy atom. The number of piperazine rings is 1. The van der Waals surface area contributed by atoms with Gasteiger partial charge in [-0.3, -0.25) is 18.9 Å². The highest BCUT2D eigenvalue weighted by Gasteiger charge is 2.24. The van der Waals surface area contributed by atoms with Crippen molar-refractivity contribution in [1.29, 1.82) is 0 Å². The summed E-state index contributed by atoms with van der Waals surface area (Å²) in [5, 5.41) is 1.86. The molecule has 8 nitrogen and oxygen atoms in total. The maximum Gasteiger partial charge on any atom is 0.258 e. The van der Waals surface area contributed by atoms with Gasteiger partial charge in [0, 0.05) is 55.9 Å². The largest absolute Gasteiger partial charge is 0.441 e. The van der Waals surface area contributed by atoms with Crippen LogP contribution in [-0.4, -0.2) is 56.3 Å². The van der Waals surface area contributed by atoms with Crippen LogP contribution in [0.2, 0.25) is 0 Å². The number of nitrogens with zero attached hydrogens (tertiary/aromatic N) is 5. The van der Waals surface area contributed by atoms with E-state index >= 15 is 0 Å². The fourth-order valence-electron chi connectivity index (χ4n) is 3.90. The van der Waals surface area contributed by atoms with Crippen molar-refractivity contribution in [2.75, 3.05) is 26.2 Å². The number of hydrogen-bond acceptors (Lipinski definition) is 7. The summed E-state index contributed by atoms with van der Waals surface area (Å²) in [6.07, 6.45) is 1.97.